The summed E-state index contributed by atoms with van der Waals surface area (Å²) in [6.07, 6.45) is 5.33. The van der Waals surface area contributed by atoms with Gasteiger partial charge in [0.15, 0.2) is 0 Å². The highest BCUT2D eigenvalue weighted by Crippen LogP contribution is 2.32. The lowest BCUT2D eigenvalue weighted by Crippen LogP contribution is -2.52. The second kappa shape index (κ2) is 12.8. The Morgan fingerprint density at radius 3 is 2.64 bits per heavy atom. The molecule has 5 N–H and O–H groups in total. The van der Waals surface area contributed by atoms with Gasteiger partial charge in [-0.1, -0.05) is 25.1 Å². The number of urea groups is 1. The third kappa shape index (κ3) is 7.14. The summed E-state index contributed by atoms with van der Waals surface area (Å²) < 4.78 is 0. The molecule has 11 heteroatoms. The number of carbonyl (C=O) groups is 5. The van der Waals surface area contributed by atoms with E-state index in [4.69, 9.17) is 0 Å². The van der Waals surface area contributed by atoms with Gasteiger partial charge in [0, 0.05) is 49.3 Å². The van der Waals surface area contributed by atoms with Crippen LogP contribution in [-0.4, -0.2) is 64.9 Å². The number of nitrogens with zero attached hydrogens (tertiary/aromatic N) is 1. The summed E-state index contributed by atoms with van der Waals surface area (Å²) >= 11 is 0. The molecule has 2 heterocycles. The molecular formula is C25H33N5O6. The molecule has 194 valence electrons. The average molecular weight is 500 g/mol. The van der Waals surface area contributed by atoms with Crippen molar-refractivity contribution in [3.63, 3.8) is 0 Å². The molecule has 2 aliphatic heterocycles. The third-order valence-corrected chi connectivity index (χ3v) is 6.10. The Balaban J connectivity index is 1.44. The van der Waals surface area contributed by atoms with Crippen molar-refractivity contribution in [2.75, 3.05) is 18.4 Å². The van der Waals surface area contributed by atoms with Crippen LogP contribution >= 0.6 is 0 Å². The van der Waals surface area contributed by atoms with Crippen LogP contribution in [0.3, 0.4) is 0 Å². The van der Waals surface area contributed by atoms with E-state index in [1.54, 1.807) is 24.3 Å². The molecule has 6 amide bonds. The Labute approximate surface area is 209 Å². The van der Waals surface area contributed by atoms with Crippen molar-refractivity contribution in [2.45, 2.75) is 64.1 Å². The number of imide groups is 1. The van der Waals surface area contributed by atoms with Crippen molar-refractivity contribution in [2.24, 2.45) is 0 Å². The topological polar surface area (TPSA) is 157 Å². The summed E-state index contributed by atoms with van der Waals surface area (Å²) in [6, 6.07) is 3.74. The lowest BCUT2D eigenvalue weighted by atomic mass is 10.0. The predicted molar refractivity (Wildman–Crippen MR) is 132 cm³/mol. The third-order valence-electron chi connectivity index (χ3n) is 6.10. The van der Waals surface area contributed by atoms with Crippen molar-refractivity contribution in [1.82, 2.24) is 20.9 Å². The smallest absolute Gasteiger partial charge is 0.319 e. The van der Waals surface area contributed by atoms with Crippen LogP contribution in [0.1, 0.15) is 61.4 Å². The summed E-state index contributed by atoms with van der Waals surface area (Å²) in [5.74, 6) is -1.27. The van der Waals surface area contributed by atoms with Crippen molar-refractivity contribution < 1.29 is 29.1 Å². The molecular weight excluding hydrogens is 466 g/mol. The first-order valence-corrected chi connectivity index (χ1v) is 12.2. The molecule has 1 saturated heterocycles. The number of allylic oxidation sites excluding steroid dienone is 1. The molecule has 0 spiro atoms. The average Bonchev–Trinajstić information content (AvgIpc) is 3.16. The summed E-state index contributed by atoms with van der Waals surface area (Å²) in [7, 11) is 0. The first kappa shape index (κ1) is 26.9. The molecule has 36 heavy (non-hydrogen) atoms. The van der Waals surface area contributed by atoms with Gasteiger partial charge in [-0.2, -0.15) is 0 Å². The van der Waals surface area contributed by atoms with Gasteiger partial charge in [-0.25, -0.2) is 4.79 Å². The lowest BCUT2D eigenvalue weighted by molar-refractivity contribution is -0.137. The van der Waals surface area contributed by atoms with E-state index in [0.717, 1.165) is 6.42 Å². The van der Waals surface area contributed by atoms with E-state index < -0.39 is 24.1 Å². The molecule has 0 aromatic heterocycles. The molecule has 11 nitrogen and oxygen atoms in total. The summed E-state index contributed by atoms with van der Waals surface area (Å²) in [5, 5.41) is 20.5. The fourth-order valence-corrected chi connectivity index (χ4v) is 4.17. The molecule has 2 aliphatic rings. The second-order valence-corrected chi connectivity index (χ2v) is 8.78. The highest BCUT2D eigenvalue weighted by molar-refractivity contribution is 6.06. The van der Waals surface area contributed by atoms with E-state index in [9.17, 15) is 29.1 Å². The molecule has 2 unspecified atom stereocenters. The maximum atomic E-state index is 12.9. The first-order valence-electron chi connectivity index (χ1n) is 12.2. The predicted octanol–water partition coefficient (Wildman–Crippen LogP) is 1.18. The monoisotopic (exact) mass is 499 g/mol. The van der Waals surface area contributed by atoms with Gasteiger partial charge < -0.3 is 26.0 Å². The zero-order valence-corrected chi connectivity index (χ0v) is 20.3. The van der Waals surface area contributed by atoms with Gasteiger partial charge >= 0.3 is 6.03 Å². The SMILES string of the molecule is CC/C=C\CC(=O)NCCC(O)CCNC(=O)Nc1cccc2c1CN(C1CCC(=O)NC1=O)C2=O. The van der Waals surface area contributed by atoms with Crippen LogP contribution in [0.2, 0.25) is 0 Å². The number of hydrogen-bond acceptors (Lipinski definition) is 6. The summed E-state index contributed by atoms with van der Waals surface area (Å²) in [6.45, 7) is 2.70. The van der Waals surface area contributed by atoms with Crippen molar-refractivity contribution in [1.29, 1.82) is 0 Å². The molecule has 0 bridgehead atoms. The number of aliphatic hydroxyl groups is 1. The van der Waals surface area contributed by atoms with Gasteiger partial charge in [0.2, 0.25) is 17.7 Å². The Kier molecular flexibility index (Phi) is 9.57. The highest BCUT2D eigenvalue weighted by Gasteiger charge is 2.39. The molecule has 0 radical (unpaired) electrons. The lowest BCUT2D eigenvalue weighted by Gasteiger charge is -2.29. The Morgan fingerprint density at radius 1 is 1.17 bits per heavy atom. The second-order valence-electron chi connectivity index (χ2n) is 8.78. The summed E-state index contributed by atoms with van der Waals surface area (Å²) in [5.41, 5.74) is 1.46. The van der Waals surface area contributed by atoms with Gasteiger partial charge in [-0.15, -0.1) is 0 Å². The van der Waals surface area contributed by atoms with Gasteiger partial charge in [0.05, 0.1) is 6.10 Å². The number of carbonyl (C=O) groups excluding carboxylic acids is 5. The van der Waals surface area contributed by atoms with Crippen LogP contribution in [0.4, 0.5) is 10.5 Å². The molecule has 0 saturated carbocycles. The standard InChI is InChI=1S/C25H33N5O6/c1-2-3-4-8-21(32)26-13-11-16(31)12-14-27-25(36)28-19-7-5-6-17-18(19)15-30(24(17)35)20-9-10-22(33)29-23(20)34/h3-7,16,20,31H,2,8-15H2,1H3,(H,26,32)(H2,27,28,36)(H,29,33,34)/b4-3-. The number of piperidine rings is 1. The fraction of sp³-hybridized carbons (Fsp3) is 0.480. The van der Waals surface area contributed by atoms with Crippen molar-refractivity contribution >= 4 is 35.3 Å². The van der Waals surface area contributed by atoms with E-state index in [0.29, 0.717) is 42.6 Å². The minimum atomic E-state index is -0.733. The quantitative estimate of drug-likeness (QED) is 0.227. The van der Waals surface area contributed by atoms with Crippen molar-refractivity contribution in [3.8, 4) is 0 Å². The molecule has 2 atom stereocenters. The number of aliphatic hydroxyl groups excluding tert-OH is 1. The number of nitrogens with one attached hydrogen (secondary N) is 4. The van der Waals surface area contributed by atoms with E-state index in [1.165, 1.54) is 4.90 Å². The van der Waals surface area contributed by atoms with Crippen LogP contribution < -0.4 is 21.3 Å². The normalized spacial score (nSPS) is 18.1. The largest absolute Gasteiger partial charge is 0.393 e. The van der Waals surface area contributed by atoms with Crippen LogP contribution in [0.15, 0.2) is 30.4 Å². The van der Waals surface area contributed by atoms with Gasteiger partial charge in [0.1, 0.15) is 6.04 Å². The van der Waals surface area contributed by atoms with Crippen molar-refractivity contribution in [3.05, 3.63) is 41.5 Å². The van der Waals surface area contributed by atoms with Crippen LogP contribution in [0, 0.1) is 0 Å². The molecule has 3 rings (SSSR count). The Hall–Kier alpha value is -3.73. The molecule has 0 aliphatic carbocycles. The first-order chi connectivity index (χ1) is 17.3. The fourth-order valence-electron chi connectivity index (χ4n) is 4.17. The maximum absolute atomic E-state index is 12.9. The van der Waals surface area contributed by atoms with E-state index >= 15 is 0 Å². The zero-order chi connectivity index (χ0) is 26.1. The number of fused-ring (bicyclic) bond motifs is 1. The minimum absolute atomic E-state index is 0.102. The number of amides is 6. The number of rotatable bonds is 11. The number of hydrogen-bond donors (Lipinski definition) is 5. The van der Waals surface area contributed by atoms with Crippen LogP contribution in [-0.2, 0) is 20.9 Å². The Bertz CT molecular complexity index is 1040. The van der Waals surface area contributed by atoms with Gasteiger partial charge in [0.25, 0.3) is 5.91 Å². The van der Waals surface area contributed by atoms with Crippen LogP contribution in [0.25, 0.3) is 0 Å². The molecule has 1 aromatic rings. The Morgan fingerprint density at radius 2 is 1.92 bits per heavy atom. The highest BCUT2D eigenvalue weighted by atomic mass is 16.3. The number of anilines is 1. The van der Waals surface area contributed by atoms with Gasteiger partial charge in [-0.05, 0) is 37.8 Å². The van der Waals surface area contributed by atoms with Crippen LogP contribution in [0.5, 0.6) is 0 Å². The number of benzene rings is 1. The molecule has 1 aromatic carbocycles. The van der Waals surface area contributed by atoms with E-state index in [-0.39, 0.29) is 43.7 Å². The molecule has 1 fully saturated rings. The summed E-state index contributed by atoms with van der Waals surface area (Å²) in [4.78, 5) is 62.0. The van der Waals surface area contributed by atoms with E-state index in [1.807, 2.05) is 13.0 Å². The zero-order valence-electron chi connectivity index (χ0n) is 20.3. The van der Waals surface area contributed by atoms with Gasteiger partial charge in [-0.3, -0.25) is 24.5 Å². The minimum Gasteiger partial charge on any atom is -0.393 e. The van der Waals surface area contributed by atoms with E-state index in [2.05, 4.69) is 21.3 Å². The maximum Gasteiger partial charge on any atom is 0.319 e.